The van der Waals surface area contributed by atoms with Crippen LogP contribution in [0.1, 0.15) is 25.1 Å². The zero-order chi connectivity index (χ0) is 11.1. The predicted octanol–water partition coefficient (Wildman–Crippen LogP) is 2.87. The first-order valence-corrected chi connectivity index (χ1v) is 5.80. The van der Waals surface area contributed by atoms with Crippen molar-refractivity contribution in [1.29, 1.82) is 0 Å². The molecule has 0 saturated carbocycles. The highest BCUT2D eigenvalue weighted by Gasteiger charge is 2.23. The van der Waals surface area contributed by atoms with Gasteiger partial charge in [0.05, 0.1) is 17.0 Å². The third-order valence-corrected chi connectivity index (χ3v) is 3.70. The Morgan fingerprint density at radius 2 is 2.13 bits per heavy atom. The van der Waals surface area contributed by atoms with E-state index in [0.29, 0.717) is 0 Å². The maximum absolute atomic E-state index is 9.42. The lowest BCUT2D eigenvalue weighted by molar-refractivity contribution is 0.219. The van der Waals surface area contributed by atoms with Gasteiger partial charge in [0, 0.05) is 10.8 Å². The molecule has 0 aliphatic rings. The number of fused-ring (bicyclic) bond motifs is 1. The van der Waals surface area contributed by atoms with Crippen molar-refractivity contribution in [3.05, 3.63) is 29.5 Å². The van der Waals surface area contributed by atoms with Crippen molar-refractivity contribution in [3.63, 3.8) is 0 Å². The van der Waals surface area contributed by atoms with Crippen LogP contribution in [-0.4, -0.2) is 16.1 Å². The quantitative estimate of drug-likeness (QED) is 0.846. The fourth-order valence-electron chi connectivity index (χ4n) is 1.79. The highest BCUT2D eigenvalue weighted by molar-refractivity contribution is 7.13. The van der Waals surface area contributed by atoms with Gasteiger partial charge in [0.15, 0.2) is 0 Å². The van der Waals surface area contributed by atoms with Crippen molar-refractivity contribution in [2.75, 3.05) is 6.61 Å². The lowest BCUT2D eigenvalue weighted by atomic mass is 9.83. The number of rotatable bonds is 2. The van der Waals surface area contributed by atoms with E-state index in [0.717, 1.165) is 5.69 Å². The molecule has 1 N–H and O–H groups in total. The van der Waals surface area contributed by atoms with Gasteiger partial charge in [-0.15, -0.1) is 0 Å². The summed E-state index contributed by atoms with van der Waals surface area (Å²) in [5.74, 6) is 0. The zero-order valence-corrected chi connectivity index (χ0v) is 10.1. The molecule has 0 saturated heterocycles. The maximum Gasteiger partial charge on any atom is 0.0592 e. The zero-order valence-electron chi connectivity index (χ0n) is 9.24. The predicted molar refractivity (Wildman–Crippen MR) is 64.5 cm³/mol. The van der Waals surface area contributed by atoms with E-state index in [9.17, 15) is 5.11 Å². The highest BCUT2D eigenvalue weighted by atomic mass is 32.1. The van der Waals surface area contributed by atoms with Crippen LogP contribution in [0.3, 0.4) is 0 Å². The molecule has 1 aromatic heterocycles. The molecule has 0 radical (unpaired) electrons. The molecule has 0 spiro atoms. The molecule has 0 amide bonds. The first-order chi connectivity index (χ1) is 7.06. The summed E-state index contributed by atoms with van der Waals surface area (Å²) in [7, 11) is 0. The van der Waals surface area contributed by atoms with Crippen LogP contribution in [0, 0.1) is 6.92 Å². The molecule has 2 aromatic rings. The van der Waals surface area contributed by atoms with Crippen molar-refractivity contribution in [2.45, 2.75) is 26.2 Å². The summed E-state index contributed by atoms with van der Waals surface area (Å²) in [5, 5.41) is 10.6. The van der Waals surface area contributed by atoms with Crippen molar-refractivity contribution < 1.29 is 5.11 Å². The van der Waals surface area contributed by atoms with E-state index >= 15 is 0 Å². The van der Waals surface area contributed by atoms with Gasteiger partial charge in [-0.1, -0.05) is 26.0 Å². The van der Waals surface area contributed by atoms with E-state index in [1.807, 2.05) is 13.0 Å². The van der Waals surface area contributed by atoms with E-state index < -0.39 is 0 Å². The van der Waals surface area contributed by atoms with Crippen LogP contribution < -0.4 is 0 Å². The number of aryl methyl sites for hydroxylation is 1. The first kappa shape index (κ1) is 10.6. The number of benzene rings is 1. The van der Waals surface area contributed by atoms with E-state index in [1.54, 1.807) is 0 Å². The molecule has 80 valence electrons. The van der Waals surface area contributed by atoms with Gasteiger partial charge in [0.1, 0.15) is 0 Å². The van der Waals surface area contributed by atoms with Gasteiger partial charge >= 0.3 is 0 Å². The molecule has 0 aliphatic carbocycles. The molecule has 15 heavy (non-hydrogen) atoms. The van der Waals surface area contributed by atoms with Gasteiger partial charge in [-0.25, -0.2) is 0 Å². The third kappa shape index (κ3) is 1.66. The second kappa shape index (κ2) is 3.58. The Morgan fingerprint density at radius 1 is 1.40 bits per heavy atom. The van der Waals surface area contributed by atoms with Gasteiger partial charge in [-0.2, -0.15) is 4.37 Å². The monoisotopic (exact) mass is 221 g/mol. The average Bonchev–Trinajstić information content (AvgIpc) is 2.60. The van der Waals surface area contributed by atoms with E-state index in [4.69, 9.17) is 0 Å². The minimum Gasteiger partial charge on any atom is -0.395 e. The summed E-state index contributed by atoms with van der Waals surface area (Å²) in [6.07, 6.45) is 0. The Labute approximate surface area is 93.7 Å². The van der Waals surface area contributed by atoms with Crippen LogP contribution in [-0.2, 0) is 5.41 Å². The molecular weight excluding hydrogens is 206 g/mol. The fourth-order valence-corrected chi connectivity index (χ4v) is 2.61. The molecule has 0 bridgehead atoms. The Balaban J connectivity index is 2.75. The largest absolute Gasteiger partial charge is 0.395 e. The van der Waals surface area contributed by atoms with Gasteiger partial charge in [-0.05, 0) is 30.1 Å². The van der Waals surface area contributed by atoms with E-state index in [-0.39, 0.29) is 12.0 Å². The Hall–Kier alpha value is -0.930. The summed E-state index contributed by atoms with van der Waals surface area (Å²) < 4.78 is 5.56. The summed E-state index contributed by atoms with van der Waals surface area (Å²) in [6, 6.07) is 6.20. The average molecular weight is 221 g/mol. The Bertz CT molecular complexity index is 487. The molecular formula is C12H15NOS. The van der Waals surface area contributed by atoms with Crippen molar-refractivity contribution in [2.24, 2.45) is 0 Å². The van der Waals surface area contributed by atoms with Crippen LogP contribution in [0.2, 0.25) is 0 Å². The van der Waals surface area contributed by atoms with Gasteiger partial charge in [0.2, 0.25) is 0 Å². The smallest absolute Gasteiger partial charge is 0.0592 e. The molecule has 2 rings (SSSR count). The van der Waals surface area contributed by atoms with Crippen LogP contribution >= 0.6 is 11.5 Å². The van der Waals surface area contributed by atoms with Crippen molar-refractivity contribution in [1.82, 2.24) is 4.37 Å². The number of aliphatic hydroxyl groups excluding tert-OH is 1. The minimum atomic E-state index is -0.201. The van der Waals surface area contributed by atoms with Crippen molar-refractivity contribution >= 4 is 21.6 Å². The second-order valence-corrected chi connectivity index (χ2v) is 5.29. The lowest BCUT2D eigenvalue weighted by Crippen LogP contribution is -2.22. The number of aromatic nitrogens is 1. The molecule has 0 aliphatic heterocycles. The Morgan fingerprint density at radius 3 is 2.80 bits per heavy atom. The van der Waals surface area contributed by atoms with Gasteiger partial charge < -0.3 is 5.11 Å². The molecule has 0 atom stereocenters. The van der Waals surface area contributed by atoms with Gasteiger partial charge in [0.25, 0.3) is 0 Å². The lowest BCUT2D eigenvalue weighted by Gasteiger charge is -2.23. The number of hydrogen-bond acceptors (Lipinski definition) is 3. The topological polar surface area (TPSA) is 33.1 Å². The van der Waals surface area contributed by atoms with E-state index in [2.05, 4.69) is 30.4 Å². The number of aliphatic hydroxyl groups is 1. The summed E-state index contributed by atoms with van der Waals surface area (Å²) >= 11 is 1.52. The van der Waals surface area contributed by atoms with Crippen LogP contribution in [0.4, 0.5) is 0 Å². The van der Waals surface area contributed by atoms with Crippen molar-refractivity contribution in [3.8, 4) is 0 Å². The number of hydrogen-bond donors (Lipinski definition) is 1. The molecule has 1 aromatic carbocycles. The molecule has 1 heterocycles. The molecule has 0 unspecified atom stereocenters. The summed E-state index contributed by atoms with van der Waals surface area (Å²) in [5.41, 5.74) is 2.05. The summed E-state index contributed by atoms with van der Waals surface area (Å²) in [4.78, 5) is 0. The number of nitrogens with zero attached hydrogens (tertiary/aromatic N) is 1. The van der Waals surface area contributed by atoms with Gasteiger partial charge in [-0.3, -0.25) is 0 Å². The fraction of sp³-hybridized carbons (Fsp3) is 0.417. The van der Waals surface area contributed by atoms with Crippen LogP contribution in [0.15, 0.2) is 18.2 Å². The second-order valence-electron chi connectivity index (χ2n) is 4.49. The van der Waals surface area contributed by atoms with Crippen LogP contribution in [0.5, 0.6) is 0 Å². The SMILES string of the molecule is Cc1nsc2cccc(C(C)(C)CO)c12. The molecule has 0 fully saturated rings. The van der Waals surface area contributed by atoms with Crippen LogP contribution in [0.25, 0.3) is 10.1 Å². The summed E-state index contributed by atoms with van der Waals surface area (Å²) in [6.45, 7) is 6.29. The third-order valence-electron chi connectivity index (χ3n) is 2.79. The minimum absolute atomic E-state index is 0.154. The standard InChI is InChI=1S/C12H15NOS/c1-8-11-9(12(2,3)7-14)5-4-6-10(11)15-13-8/h4-6,14H,7H2,1-3H3. The first-order valence-electron chi connectivity index (χ1n) is 5.02. The Kier molecular flexibility index (Phi) is 2.52. The highest BCUT2D eigenvalue weighted by Crippen LogP contribution is 2.33. The molecule has 3 heteroatoms. The molecule has 2 nitrogen and oxygen atoms in total. The van der Waals surface area contributed by atoms with E-state index in [1.165, 1.54) is 27.2 Å². The normalized spacial score (nSPS) is 12.3. The maximum atomic E-state index is 9.42.